The lowest BCUT2D eigenvalue weighted by Gasteiger charge is -2.42. The number of aliphatic hydroxyl groups excluding tert-OH is 3. The van der Waals surface area contributed by atoms with Crippen molar-refractivity contribution in [2.24, 2.45) is 28.9 Å². The van der Waals surface area contributed by atoms with E-state index >= 15 is 0 Å². The zero-order valence-corrected chi connectivity index (χ0v) is 36.4. The van der Waals surface area contributed by atoms with Crippen LogP contribution in [0.15, 0.2) is 77.6 Å². The summed E-state index contributed by atoms with van der Waals surface area (Å²) in [7, 11) is 1.49. The third-order valence-corrected chi connectivity index (χ3v) is 15.2. The van der Waals surface area contributed by atoms with Crippen LogP contribution in [0.3, 0.4) is 0 Å². The second-order valence-electron chi connectivity index (χ2n) is 19.0. The number of hydrogen-bond acceptors (Lipinski definition) is 10. The second-order valence-corrected chi connectivity index (χ2v) is 19.0. The normalized spacial score (nSPS) is 29.1. The van der Waals surface area contributed by atoms with Crippen LogP contribution >= 0.6 is 0 Å². The Morgan fingerprint density at radius 1 is 0.968 bits per heavy atom. The number of dihydropyridines is 1. The summed E-state index contributed by atoms with van der Waals surface area (Å²) >= 11 is 0. The van der Waals surface area contributed by atoms with Crippen LogP contribution in [0.4, 0.5) is 0 Å². The molecule has 1 spiro atoms. The molecule has 10 unspecified atom stereocenters. The third-order valence-electron chi connectivity index (χ3n) is 15.2. The maximum atomic E-state index is 14.3. The molecule has 0 radical (unpaired) electrons. The molecule has 0 amide bonds. The number of ether oxygens (including phenoxy) is 1. The highest BCUT2D eigenvalue weighted by Gasteiger charge is 2.48. The van der Waals surface area contributed by atoms with E-state index in [2.05, 4.69) is 59.7 Å². The van der Waals surface area contributed by atoms with Crippen molar-refractivity contribution in [3.63, 3.8) is 0 Å². The number of hydrogen-bond donors (Lipinski definition) is 7. The largest absolute Gasteiger partial charge is 0.504 e. The molecule has 3 aromatic rings. The van der Waals surface area contributed by atoms with E-state index in [1.165, 1.54) is 12.7 Å². The van der Waals surface area contributed by atoms with Crippen molar-refractivity contribution in [2.75, 3.05) is 20.2 Å². The molecule has 1 saturated heterocycles. The molecule has 8 N–H and O–H groups in total. The number of aryl methyl sites for hydroxylation is 1. The fourth-order valence-corrected chi connectivity index (χ4v) is 11.4. The van der Waals surface area contributed by atoms with Gasteiger partial charge in [0, 0.05) is 43.7 Å². The molecule has 3 aliphatic carbocycles. The summed E-state index contributed by atoms with van der Waals surface area (Å²) in [5, 5.41) is 56.1. The van der Waals surface area contributed by atoms with E-state index in [-0.39, 0.29) is 48.4 Å². The van der Waals surface area contributed by atoms with Crippen LogP contribution in [0, 0.1) is 35.0 Å². The van der Waals surface area contributed by atoms with Crippen molar-refractivity contribution in [3.05, 3.63) is 94.3 Å². The zero-order chi connectivity index (χ0) is 43.5. The molecule has 0 bridgehead atoms. The van der Waals surface area contributed by atoms with E-state index in [1.54, 1.807) is 12.1 Å². The minimum atomic E-state index is -1.24. The number of fused-ring (bicyclic) bond motifs is 3. The van der Waals surface area contributed by atoms with E-state index < -0.39 is 29.6 Å². The van der Waals surface area contributed by atoms with Crippen LogP contribution in [0.2, 0.25) is 0 Å². The molecule has 10 heteroatoms. The van der Waals surface area contributed by atoms with E-state index in [1.807, 2.05) is 18.2 Å². The van der Waals surface area contributed by atoms with Gasteiger partial charge in [0.15, 0.2) is 17.3 Å². The van der Waals surface area contributed by atoms with E-state index in [0.29, 0.717) is 73.7 Å². The summed E-state index contributed by atoms with van der Waals surface area (Å²) in [6.45, 7) is 3.64. The van der Waals surface area contributed by atoms with Gasteiger partial charge in [-0.25, -0.2) is 0 Å². The Hall–Kier alpha value is -4.66. The van der Waals surface area contributed by atoms with Gasteiger partial charge in [0.2, 0.25) is 0 Å². The quantitative estimate of drug-likeness (QED) is 0.0959. The van der Waals surface area contributed by atoms with Crippen LogP contribution in [-0.4, -0.2) is 76.5 Å². The Balaban J connectivity index is 1.03. The topological polar surface area (TPSA) is 174 Å². The molecule has 2 heterocycles. The van der Waals surface area contributed by atoms with Crippen LogP contribution in [0.1, 0.15) is 119 Å². The minimum Gasteiger partial charge on any atom is -0.504 e. The Labute approximate surface area is 366 Å². The van der Waals surface area contributed by atoms with E-state index in [0.717, 1.165) is 72.5 Å². The van der Waals surface area contributed by atoms with Gasteiger partial charge in [0.05, 0.1) is 31.2 Å². The summed E-state index contributed by atoms with van der Waals surface area (Å²) in [6, 6.07) is 18.2. The number of ketones is 2. The SMILES string of the molecule is CCC1=C(C(CC(O)C(O)CC2C#CC3(CCC(CCC4CNC5CC(=O)CCC5C4)CC3O)C(=O)CCc3cc(OC)c(O)cc32)c2ccc3ccccc3c2)C=C(N)NC1. The van der Waals surface area contributed by atoms with Gasteiger partial charge in [-0.3, -0.25) is 9.59 Å². The van der Waals surface area contributed by atoms with Gasteiger partial charge < -0.3 is 41.5 Å². The first-order valence-corrected chi connectivity index (χ1v) is 23.1. The van der Waals surface area contributed by atoms with Crippen LogP contribution in [0.25, 0.3) is 10.8 Å². The molecule has 5 aliphatic rings. The first kappa shape index (κ1) is 44.0. The molecule has 2 aliphatic heterocycles. The summed E-state index contributed by atoms with van der Waals surface area (Å²) in [5.41, 5.74) is 9.79. The van der Waals surface area contributed by atoms with Gasteiger partial charge in [-0.05, 0) is 145 Å². The third kappa shape index (κ3) is 9.33. The smallest absolute Gasteiger partial charge is 0.160 e. The number of piperidine rings is 1. The van der Waals surface area contributed by atoms with Crippen LogP contribution in [0.5, 0.6) is 11.5 Å². The number of carbonyl (C=O) groups excluding carboxylic acids is 2. The molecule has 0 aromatic heterocycles. The van der Waals surface area contributed by atoms with Crippen molar-refractivity contribution < 1.29 is 34.8 Å². The number of benzene rings is 3. The number of Topliss-reactive ketones (excluding diaryl/α,β-unsaturated/α-hetero) is 2. The van der Waals surface area contributed by atoms with E-state index in [4.69, 9.17) is 10.5 Å². The van der Waals surface area contributed by atoms with Gasteiger partial charge in [0.1, 0.15) is 11.2 Å². The fourth-order valence-electron chi connectivity index (χ4n) is 11.4. The highest BCUT2D eigenvalue weighted by atomic mass is 16.5. The molecule has 3 aromatic carbocycles. The predicted octanol–water partition coefficient (Wildman–Crippen LogP) is 6.83. The summed E-state index contributed by atoms with van der Waals surface area (Å²) in [6.07, 6.45) is 7.46. The van der Waals surface area contributed by atoms with Gasteiger partial charge in [0.25, 0.3) is 0 Å². The monoisotopic (exact) mass is 843 g/mol. The maximum Gasteiger partial charge on any atom is 0.160 e. The summed E-state index contributed by atoms with van der Waals surface area (Å²) in [4.78, 5) is 26.3. The minimum absolute atomic E-state index is 0.0466. The van der Waals surface area contributed by atoms with Crippen molar-refractivity contribution in [1.29, 1.82) is 0 Å². The lowest BCUT2D eigenvalue weighted by atomic mass is 9.64. The summed E-state index contributed by atoms with van der Waals surface area (Å²) < 4.78 is 5.49. The summed E-state index contributed by atoms with van der Waals surface area (Å²) in [5.74, 6) is 8.24. The Bertz CT molecular complexity index is 2270. The molecule has 3 fully saturated rings. The molecule has 8 rings (SSSR count). The number of rotatable bonds is 12. The van der Waals surface area contributed by atoms with Gasteiger partial charge in [-0.15, -0.1) is 0 Å². The van der Waals surface area contributed by atoms with Crippen molar-refractivity contribution in [2.45, 2.75) is 133 Å². The van der Waals surface area contributed by atoms with E-state index in [9.17, 15) is 30.0 Å². The standard InChI is InChI=1S/C52H65N3O7/c1-3-33-30-55-51(53)28-43(33)42(36-11-10-34-6-4-5-7-35(34)22-36)27-46(58)45(57)23-38-17-19-52(49(60)15-13-37-24-48(62-2)47(59)26-41(37)38)18-16-31(21-50(52)61)8-9-32-20-39-12-14-40(56)25-44(39)54-29-32/h4-7,10-11,22,24,26,28,31-32,38-39,42,44-46,50,54-55,57-59,61H,3,8-9,12-16,18,20-21,23,25,27,29-30,53H2,1-2H3. The molecule has 62 heavy (non-hydrogen) atoms. The molecule has 10 atom stereocenters. The zero-order valence-electron chi connectivity index (χ0n) is 36.4. The van der Waals surface area contributed by atoms with Gasteiger partial charge in [-0.2, -0.15) is 0 Å². The number of allylic oxidation sites excluding steroid dienone is 2. The molecule has 10 nitrogen and oxygen atoms in total. The number of phenolic OH excluding ortho intramolecular Hbond substituents is 1. The highest BCUT2D eigenvalue weighted by Crippen LogP contribution is 2.46. The first-order chi connectivity index (χ1) is 29.9. The average Bonchev–Trinajstić information content (AvgIpc) is 3.32. The molecule has 2 saturated carbocycles. The van der Waals surface area contributed by atoms with Gasteiger partial charge >= 0.3 is 0 Å². The van der Waals surface area contributed by atoms with Crippen molar-refractivity contribution >= 4 is 22.3 Å². The maximum absolute atomic E-state index is 14.3. The predicted molar refractivity (Wildman–Crippen MR) is 241 cm³/mol. The number of aliphatic hydroxyl groups is 3. The van der Waals surface area contributed by atoms with Crippen LogP contribution in [-0.2, 0) is 16.0 Å². The molecule has 330 valence electrons. The number of nitrogens with two attached hydrogens (primary N) is 1. The first-order valence-electron chi connectivity index (χ1n) is 23.1. The average molecular weight is 844 g/mol. The number of methoxy groups -OCH3 is 1. The Kier molecular flexibility index (Phi) is 13.5. The van der Waals surface area contributed by atoms with Crippen LogP contribution < -0.4 is 21.1 Å². The Morgan fingerprint density at radius 2 is 1.77 bits per heavy atom. The number of carbonyl (C=O) groups is 2. The second kappa shape index (κ2) is 19.0. The lowest BCUT2D eigenvalue weighted by Crippen LogP contribution is -2.49. The lowest BCUT2D eigenvalue weighted by molar-refractivity contribution is -0.134. The number of nitrogens with one attached hydrogen (secondary N) is 2. The number of phenols is 1. The number of aromatic hydroxyl groups is 1. The molecular formula is C52H65N3O7. The van der Waals surface area contributed by atoms with Crippen molar-refractivity contribution in [1.82, 2.24) is 10.6 Å². The highest BCUT2D eigenvalue weighted by molar-refractivity contribution is 5.89. The Morgan fingerprint density at radius 3 is 2.56 bits per heavy atom. The fraction of sp³-hybridized carbons (Fsp3) is 0.538. The molecular weight excluding hydrogens is 779 g/mol. The van der Waals surface area contributed by atoms with Gasteiger partial charge in [-0.1, -0.05) is 67.6 Å². The van der Waals surface area contributed by atoms with Crippen molar-refractivity contribution in [3.8, 4) is 23.3 Å².